The highest BCUT2D eigenvalue weighted by molar-refractivity contribution is 5.89. The van der Waals surface area contributed by atoms with Crippen molar-refractivity contribution in [2.75, 3.05) is 0 Å². The lowest BCUT2D eigenvalue weighted by atomic mass is 9.72. The van der Waals surface area contributed by atoms with E-state index in [0.717, 1.165) is 6.42 Å². The van der Waals surface area contributed by atoms with Crippen molar-refractivity contribution in [1.29, 1.82) is 0 Å². The zero-order valence-electron chi connectivity index (χ0n) is 15.5. The summed E-state index contributed by atoms with van der Waals surface area (Å²) in [7, 11) is 0. The number of rotatable bonds is 4. The lowest BCUT2D eigenvalue weighted by Crippen LogP contribution is -2.24. The normalized spacial score (nSPS) is 14.0. The van der Waals surface area contributed by atoms with E-state index in [2.05, 4.69) is 46.8 Å². The highest BCUT2D eigenvalue weighted by atomic mass is 16.6. The fourth-order valence-corrected chi connectivity index (χ4v) is 2.65. The molecule has 0 radical (unpaired) electrons. The zero-order chi connectivity index (χ0) is 17.1. The second-order valence-corrected chi connectivity index (χ2v) is 8.67. The Morgan fingerprint density at radius 3 is 1.86 bits per heavy atom. The predicted octanol–water partition coefficient (Wildman–Crippen LogP) is 5.82. The lowest BCUT2D eigenvalue weighted by Gasteiger charge is -2.32. The van der Waals surface area contributed by atoms with E-state index in [1.807, 2.05) is 32.9 Å². The number of carbonyl (C=O) groups excluding carboxylic acids is 1. The molecule has 0 saturated carbocycles. The van der Waals surface area contributed by atoms with Crippen LogP contribution in [-0.2, 0) is 4.74 Å². The van der Waals surface area contributed by atoms with Gasteiger partial charge < -0.3 is 4.74 Å². The van der Waals surface area contributed by atoms with E-state index >= 15 is 0 Å². The third-order valence-corrected chi connectivity index (χ3v) is 3.70. The predicted molar refractivity (Wildman–Crippen MR) is 93.3 cm³/mol. The summed E-state index contributed by atoms with van der Waals surface area (Å²) in [4.78, 5) is 12.1. The first kappa shape index (κ1) is 18.7. The molecule has 0 heterocycles. The van der Waals surface area contributed by atoms with Crippen LogP contribution in [0.25, 0.3) is 0 Å². The van der Waals surface area contributed by atoms with Gasteiger partial charge >= 0.3 is 5.97 Å². The Hall–Kier alpha value is -1.31. The van der Waals surface area contributed by atoms with E-state index in [-0.39, 0.29) is 11.4 Å². The van der Waals surface area contributed by atoms with Crippen LogP contribution < -0.4 is 0 Å². The molecule has 0 N–H and O–H groups in total. The topological polar surface area (TPSA) is 26.3 Å². The van der Waals surface area contributed by atoms with Crippen LogP contribution in [0.1, 0.15) is 83.7 Å². The molecule has 2 nitrogen and oxygen atoms in total. The second kappa shape index (κ2) is 6.85. The molecular formula is C20H32O2. The molecule has 0 bridgehead atoms. The monoisotopic (exact) mass is 304 g/mol. The highest BCUT2D eigenvalue weighted by Gasteiger charge is 2.27. The third kappa shape index (κ3) is 5.82. The number of benzene rings is 1. The molecule has 1 atom stereocenters. The molecule has 0 aliphatic heterocycles. The van der Waals surface area contributed by atoms with E-state index in [1.165, 1.54) is 5.56 Å². The summed E-state index contributed by atoms with van der Waals surface area (Å²) < 4.78 is 5.42. The van der Waals surface area contributed by atoms with Gasteiger partial charge in [-0.3, -0.25) is 0 Å². The van der Waals surface area contributed by atoms with Crippen molar-refractivity contribution in [3.63, 3.8) is 0 Å². The van der Waals surface area contributed by atoms with Gasteiger partial charge in [-0.25, -0.2) is 4.79 Å². The van der Waals surface area contributed by atoms with Crippen molar-refractivity contribution in [3.8, 4) is 0 Å². The van der Waals surface area contributed by atoms with E-state index in [1.54, 1.807) is 0 Å². The molecule has 0 saturated heterocycles. The Morgan fingerprint density at radius 1 is 1.00 bits per heavy atom. The Bertz CT molecular complexity index is 484. The summed E-state index contributed by atoms with van der Waals surface area (Å²) in [5.41, 5.74) is 1.67. The number of hydrogen-bond acceptors (Lipinski definition) is 2. The molecule has 1 aromatic rings. The van der Waals surface area contributed by atoms with Gasteiger partial charge in [0.1, 0.15) is 5.60 Å². The first-order valence-corrected chi connectivity index (χ1v) is 8.23. The Balaban J connectivity index is 2.97. The summed E-state index contributed by atoms with van der Waals surface area (Å²) in [5, 5.41) is 0. The smallest absolute Gasteiger partial charge is 0.338 e. The minimum absolute atomic E-state index is 0.206. The molecule has 1 aromatic carbocycles. The molecular weight excluding hydrogens is 272 g/mol. The highest BCUT2D eigenvalue weighted by Crippen LogP contribution is 2.39. The molecule has 22 heavy (non-hydrogen) atoms. The van der Waals surface area contributed by atoms with E-state index < -0.39 is 5.60 Å². The van der Waals surface area contributed by atoms with Crippen molar-refractivity contribution < 1.29 is 9.53 Å². The molecule has 0 aliphatic rings. The summed E-state index contributed by atoms with van der Waals surface area (Å²) in [6, 6.07) is 7.94. The van der Waals surface area contributed by atoms with Crippen molar-refractivity contribution in [2.45, 2.75) is 73.3 Å². The second-order valence-electron chi connectivity index (χ2n) is 8.67. The van der Waals surface area contributed by atoms with Crippen LogP contribution in [0.2, 0.25) is 0 Å². The maximum Gasteiger partial charge on any atom is 0.338 e. The molecule has 0 aromatic heterocycles. The molecule has 0 amide bonds. The van der Waals surface area contributed by atoms with Gasteiger partial charge in [0.2, 0.25) is 0 Å². The van der Waals surface area contributed by atoms with Gasteiger partial charge in [-0.1, -0.05) is 46.8 Å². The van der Waals surface area contributed by atoms with Gasteiger partial charge in [-0.05, 0) is 62.1 Å². The van der Waals surface area contributed by atoms with Gasteiger partial charge in [-0.15, -0.1) is 0 Å². The fraction of sp³-hybridized carbons (Fsp3) is 0.650. The van der Waals surface area contributed by atoms with Gasteiger partial charge in [0, 0.05) is 0 Å². The quantitative estimate of drug-likeness (QED) is 0.655. The largest absolute Gasteiger partial charge is 0.456 e. The van der Waals surface area contributed by atoms with E-state index in [0.29, 0.717) is 17.4 Å². The Labute approximate surface area is 136 Å². The van der Waals surface area contributed by atoms with Crippen LogP contribution in [0.5, 0.6) is 0 Å². The zero-order valence-corrected chi connectivity index (χ0v) is 15.5. The van der Waals surface area contributed by atoms with Gasteiger partial charge in [-0.2, -0.15) is 0 Å². The maximum atomic E-state index is 12.1. The van der Waals surface area contributed by atoms with Crippen LogP contribution in [0.15, 0.2) is 24.3 Å². The molecule has 0 aliphatic carbocycles. The van der Waals surface area contributed by atoms with Gasteiger partial charge in [0.25, 0.3) is 0 Å². The molecule has 1 unspecified atom stereocenters. The van der Waals surface area contributed by atoms with Crippen LogP contribution in [0, 0.1) is 11.3 Å². The third-order valence-electron chi connectivity index (χ3n) is 3.70. The van der Waals surface area contributed by atoms with Crippen molar-refractivity contribution in [2.24, 2.45) is 11.3 Å². The minimum atomic E-state index is -0.457. The van der Waals surface area contributed by atoms with E-state index in [9.17, 15) is 4.79 Å². The fourth-order valence-electron chi connectivity index (χ4n) is 2.65. The van der Waals surface area contributed by atoms with Crippen molar-refractivity contribution in [3.05, 3.63) is 35.4 Å². The van der Waals surface area contributed by atoms with Gasteiger partial charge in [0.15, 0.2) is 0 Å². The van der Waals surface area contributed by atoms with Crippen LogP contribution in [0.3, 0.4) is 0 Å². The lowest BCUT2D eigenvalue weighted by molar-refractivity contribution is 0.00695. The Morgan fingerprint density at radius 2 is 1.50 bits per heavy atom. The maximum absolute atomic E-state index is 12.1. The number of carbonyl (C=O) groups is 1. The Kier molecular flexibility index (Phi) is 5.83. The summed E-state index contributed by atoms with van der Waals surface area (Å²) in [5.74, 6) is 0.880. The average Bonchev–Trinajstić information content (AvgIpc) is 2.32. The molecule has 2 heteroatoms. The number of hydrogen-bond donors (Lipinski definition) is 0. The summed E-state index contributed by atoms with van der Waals surface area (Å²) >= 11 is 0. The standard InChI is InChI=1S/C20H32O2/c1-14(2)13-17(19(3,4)5)15-9-11-16(12-10-15)18(21)22-20(6,7)8/h9-12,14,17H,13H2,1-8H3. The van der Waals surface area contributed by atoms with Crippen LogP contribution in [-0.4, -0.2) is 11.6 Å². The van der Waals surface area contributed by atoms with Crippen LogP contribution in [0.4, 0.5) is 0 Å². The first-order chi connectivity index (χ1) is 9.90. The number of ether oxygens (including phenoxy) is 1. The SMILES string of the molecule is CC(C)CC(c1ccc(C(=O)OC(C)(C)C)cc1)C(C)(C)C. The van der Waals surface area contributed by atoms with Gasteiger partial charge in [0.05, 0.1) is 5.56 Å². The van der Waals surface area contributed by atoms with Crippen LogP contribution >= 0.6 is 0 Å². The molecule has 0 spiro atoms. The van der Waals surface area contributed by atoms with Crippen molar-refractivity contribution >= 4 is 5.97 Å². The van der Waals surface area contributed by atoms with E-state index in [4.69, 9.17) is 4.74 Å². The molecule has 124 valence electrons. The molecule has 0 fully saturated rings. The summed E-state index contributed by atoms with van der Waals surface area (Å²) in [6.07, 6.45) is 1.15. The number of esters is 1. The molecule has 1 rings (SSSR count). The van der Waals surface area contributed by atoms with Crippen molar-refractivity contribution in [1.82, 2.24) is 0 Å². The summed E-state index contributed by atoms with van der Waals surface area (Å²) in [6.45, 7) is 17.0. The minimum Gasteiger partial charge on any atom is -0.456 e. The average molecular weight is 304 g/mol. The first-order valence-electron chi connectivity index (χ1n) is 8.23.